The molecule has 0 aliphatic rings. The molecule has 0 saturated heterocycles. The molecule has 0 aliphatic heterocycles. The van der Waals surface area contributed by atoms with E-state index in [1.165, 1.54) is 11.3 Å². The summed E-state index contributed by atoms with van der Waals surface area (Å²) in [6, 6.07) is 10.7. The molecule has 0 fully saturated rings. The lowest BCUT2D eigenvalue weighted by Crippen LogP contribution is -2.20. The van der Waals surface area contributed by atoms with Crippen molar-refractivity contribution >= 4 is 34.0 Å². The van der Waals surface area contributed by atoms with Crippen LogP contribution in [0.25, 0.3) is 11.3 Å². The van der Waals surface area contributed by atoms with Gasteiger partial charge in [-0.2, -0.15) is 0 Å². The van der Waals surface area contributed by atoms with Crippen LogP contribution in [-0.4, -0.2) is 31.7 Å². The topological polar surface area (TPSA) is 69.7 Å². The van der Waals surface area contributed by atoms with Crippen LogP contribution in [0.3, 0.4) is 0 Å². The minimum absolute atomic E-state index is 0.125. The first-order valence-electron chi connectivity index (χ1n) is 8.37. The Morgan fingerprint density at radius 2 is 1.93 bits per heavy atom. The number of halogens is 1. The Bertz CT molecular complexity index is 990. The van der Waals surface area contributed by atoms with Gasteiger partial charge in [0, 0.05) is 16.0 Å². The van der Waals surface area contributed by atoms with E-state index in [4.69, 9.17) is 25.8 Å². The van der Waals surface area contributed by atoms with Gasteiger partial charge >= 0.3 is 0 Å². The van der Waals surface area contributed by atoms with Crippen molar-refractivity contribution in [1.82, 2.24) is 4.98 Å². The lowest BCUT2D eigenvalue weighted by molar-refractivity contribution is -0.118. The molecule has 2 aromatic carbocycles. The molecule has 0 radical (unpaired) electrons. The van der Waals surface area contributed by atoms with E-state index < -0.39 is 0 Å². The van der Waals surface area contributed by atoms with Crippen LogP contribution in [0.2, 0.25) is 5.02 Å². The summed E-state index contributed by atoms with van der Waals surface area (Å²) in [5.74, 6) is 1.68. The predicted molar refractivity (Wildman–Crippen MR) is 111 cm³/mol. The number of rotatable bonds is 7. The Balaban J connectivity index is 1.67. The SMILES string of the molecule is COc1ccc(OC)c(-c2csc(NC(=O)COc3ccc(Cl)cc3C)n2)c1. The van der Waals surface area contributed by atoms with Crippen LogP contribution in [0.1, 0.15) is 5.56 Å². The molecule has 0 spiro atoms. The smallest absolute Gasteiger partial charge is 0.264 e. The summed E-state index contributed by atoms with van der Waals surface area (Å²) in [4.78, 5) is 16.7. The number of aryl methyl sites for hydroxylation is 1. The number of methoxy groups -OCH3 is 2. The van der Waals surface area contributed by atoms with Crippen LogP contribution in [0, 0.1) is 6.92 Å². The van der Waals surface area contributed by atoms with Crippen LogP contribution in [0.4, 0.5) is 5.13 Å². The van der Waals surface area contributed by atoms with Gasteiger partial charge in [-0.25, -0.2) is 4.98 Å². The van der Waals surface area contributed by atoms with Crippen molar-refractivity contribution in [3.05, 3.63) is 52.4 Å². The molecule has 0 bridgehead atoms. The summed E-state index contributed by atoms with van der Waals surface area (Å²) >= 11 is 7.24. The van der Waals surface area contributed by atoms with Gasteiger partial charge in [0.2, 0.25) is 0 Å². The average molecular weight is 419 g/mol. The number of amides is 1. The fourth-order valence-corrected chi connectivity index (χ4v) is 3.50. The largest absolute Gasteiger partial charge is 0.497 e. The summed E-state index contributed by atoms with van der Waals surface area (Å²) in [5, 5.41) is 5.69. The number of aromatic nitrogens is 1. The van der Waals surface area contributed by atoms with Crippen LogP contribution < -0.4 is 19.5 Å². The highest BCUT2D eigenvalue weighted by molar-refractivity contribution is 7.14. The molecule has 1 heterocycles. The van der Waals surface area contributed by atoms with E-state index in [-0.39, 0.29) is 12.5 Å². The molecule has 0 saturated carbocycles. The summed E-state index contributed by atoms with van der Waals surface area (Å²) in [6.07, 6.45) is 0. The third-order valence-corrected chi connectivity index (χ3v) is 4.92. The molecule has 1 amide bonds. The standard InChI is InChI=1S/C20H19ClN2O4S/c1-12-8-13(21)4-6-17(12)27-10-19(24)23-20-22-16(11-28-20)15-9-14(25-2)5-7-18(15)26-3/h4-9,11H,10H2,1-3H3,(H,22,23,24). The zero-order chi connectivity index (χ0) is 20.1. The van der Waals surface area contributed by atoms with Gasteiger partial charge < -0.3 is 14.2 Å². The van der Waals surface area contributed by atoms with E-state index in [0.717, 1.165) is 11.1 Å². The van der Waals surface area contributed by atoms with Gasteiger partial charge in [-0.1, -0.05) is 11.6 Å². The maximum atomic E-state index is 12.2. The van der Waals surface area contributed by atoms with E-state index in [2.05, 4.69) is 10.3 Å². The molecule has 1 aromatic heterocycles. The first kappa shape index (κ1) is 20.0. The van der Waals surface area contributed by atoms with Crippen LogP contribution >= 0.6 is 22.9 Å². The monoisotopic (exact) mass is 418 g/mol. The highest BCUT2D eigenvalue weighted by atomic mass is 35.5. The molecule has 3 aromatic rings. The molecule has 0 unspecified atom stereocenters. The fraction of sp³-hybridized carbons (Fsp3) is 0.200. The van der Waals surface area contributed by atoms with E-state index in [9.17, 15) is 4.79 Å². The van der Waals surface area contributed by atoms with Crippen LogP contribution in [0.5, 0.6) is 17.2 Å². The van der Waals surface area contributed by atoms with Gasteiger partial charge in [-0.3, -0.25) is 10.1 Å². The average Bonchev–Trinajstić information content (AvgIpc) is 3.15. The van der Waals surface area contributed by atoms with Crippen LogP contribution in [-0.2, 0) is 4.79 Å². The molecular weight excluding hydrogens is 400 g/mol. The minimum atomic E-state index is -0.298. The van der Waals surface area contributed by atoms with E-state index in [1.54, 1.807) is 32.4 Å². The van der Waals surface area contributed by atoms with Crippen molar-refractivity contribution < 1.29 is 19.0 Å². The zero-order valence-electron chi connectivity index (χ0n) is 15.6. The summed E-state index contributed by atoms with van der Waals surface area (Å²) in [5.41, 5.74) is 2.33. The molecule has 146 valence electrons. The van der Waals surface area contributed by atoms with Gasteiger partial charge in [0.15, 0.2) is 11.7 Å². The highest BCUT2D eigenvalue weighted by Gasteiger charge is 2.13. The van der Waals surface area contributed by atoms with E-state index >= 15 is 0 Å². The number of carbonyl (C=O) groups excluding carboxylic acids is 1. The highest BCUT2D eigenvalue weighted by Crippen LogP contribution is 2.35. The molecule has 28 heavy (non-hydrogen) atoms. The van der Waals surface area contributed by atoms with Gasteiger partial charge in [-0.15, -0.1) is 11.3 Å². The Morgan fingerprint density at radius 3 is 2.64 bits per heavy atom. The Labute approximate surface area is 172 Å². The number of nitrogens with one attached hydrogen (secondary N) is 1. The lowest BCUT2D eigenvalue weighted by atomic mass is 10.1. The van der Waals surface area contributed by atoms with Crippen molar-refractivity contribution in [2.45, 2.75) is 6.92 Å². The van der Waals surface area contributed by atoms with E-state index in [0.29, 0.717) is 33.1 Å². The summed E-state index contributed by atoms with van der Waals surface area (Å²) in [7, 11) is 3.19. The minimum Gasteiger partial charge on any atom is -0.497 e. The third-order valence-electron chi connectivity index (χ3n) is 3.93. The number of nitrogens with zero attached hydrogens (tertiary/aromatic N) is 1. The Kier molecular flexibility index (Phi) is 6.38. The number of hydrogen-bond donors (Lipinski definition) is 1. The lowest BCUT2D eigenvalue weighted by Gasteiger charge is -2.09. The second-order valence-corrected chi connectivity index (χ2v) is 7.15. The molecule has 3 rings (SSSR count). The fourth-order valence-electron chi connectivity index (χ4n) is 2.54. The molecule has 0 atom stereocenters. The summed E-state index contributed by atoms with van der Waals surface area (Å²) in [6.45, 7) is 1.74. The first-order chi connectivity index (χ1) is 13.5. The molecular formula is C20H19ClN2O4S. The second kappa shape index (κ2) is 8.95. The van der Waals surface area contributed by atoms with Gasteiger partial charge in [0.1, 0.15) is 17.2 Å². The van der Waals surface area contributed by atoms with Crippen molar-refractivity contribution in [3.63, 3.8) is 0 Å². The zero-order valence-corrected chi connectivity index (χ0v) is 17.2. The van der Waals surface area contributed by atoms with Gasteiger partial charge in [-0.05, 0) is 48.9 Å². The maximum absolute atomic E-state index is 12.2. The van der Waals surface area contributed by atoms with Crippen molar-refractivity contribution in [3.8, 4) is 28.5 Å². The number of benzene rings is 2. The van der Waals surface area contributed by atoms with Gasteiger partial charge in [0.05, 0.1) is 19.9 Å². The molecule has 0 aliphatic carbocycles. The van der Waals surface area contributed by atoms with Crippen molar-refractivity contribution in [2.24, 2.45) is 0 Å². The quantitative estimate of drug-likeness (QED) is 0.596. The number of ether oxygens (including phenoxy) is 3. The predicted octanol–water partition coefficient (Wildman–Crippen LogP) is 4.81. The number of anilines is 1. The molecule has 8 heteroatoms. The van der Waals surface area contributed by atoms with Crippen LogP contribution in [0.15, 0.2) is 41.8 Å². The normalized spacial score (nSPS) is 10.4. The molecule has 1 N–H and O–H groups in total. The Hall–Kier alpha value is -2.77. The second-order valence-electron chi connectivity index (χ2n) is 5.85. The van der Waals surface area contributed by atoms with Gasteiger partial charge in [0.25, 0.3) is 5.91 Å². The summed E-state index contributed by atoms with van der Waals surface area (Å²) < 4.78 is 16.2. The molecule has 6 nitrogen and oxygen atoms in total. The van der Waals surface area contributed by atoms with E-state index in [1.807, 2.05) is 30.5 Å². The van der Waals surface area contributed by atoms with Crippen molar-refractivity contribution in [1.29, 1.82) is 0 Å². The Morgan fingerprint density at radius 1 is 1.14 bits per heavy atom. The first-order valence-corrected chi connectivity index (χ1v) is 9.62. The number of carbonyl (C=O) groups is 1. The van der Waals surface area contributed by atoms with Crippen molar-refractivity contribution in [2.75, 3.05) is 26.1 Å². The third kappa shape index (κ3) is 4.74. The maximum Gasteiger partial charge on any atom is 0.264 e. The number of thiazole rings is 1. The number of hydrogen-bond acceptors (Lipinski definition) is 6.